The largest absolute Gasteiger partial charge is 0.309 e. The maximum absolute atomic E-state index is 15.0. The lowest BCUT2D eigenvalue weighted by molar-refractivity contribution is 0.596. The smallest absolute Gasteiger partial charge is 0.206 e. The number of hydrogen-bond donors (Lipinski definition) is 0. The predicted molar refractivity (Wildman–Crippen MR) is 384 cm³/mol. The summed E-state index contributed by atoms with van der Waals surface area (Å²) in [6, 6.07) is 111. The molecule has 0 fully saturated rings. The topological polar surface area (TPSA) is 63.7 Å². The van der Waals surface area contributed by atoms with Crippen molar-refractivity contribution >= 4 is 141 Å². The third-order valence-electron chi connectivity index (χ3n) is 19.6. The Labute approximate surface area is 532 Å². The number of hydrogen-bond acceptors (Lipinski definition) is 2. The van der Waals surface area contributed by atoms with E-state index in [4.69, 9.17) is 0 Å². The van der Waals surface area contributed by atoms with Gasteiger partial charge in [-0.25, -0.2) is 8.42 Å². The van der Waals surface area contributed by atoms with Gasteiger partial charge in [0, 0.05) is 98.8 Å². The minimum Gasteiger partial charge on any atom is -0.309 e. The molecule has 0 aliphatic carbocycles. The third-order valence-corrected chi connectivity index (χ3v) is 21.4. The molecular weight excluding hydrogens is 1160 g/mol. The number of fused-ring (bicyclic) bond motifs is 18. The fourth-order valence-electron chi connectivity index (χ4n) is 15.6. The molecule has 6 heterocycles. The fraction of sp³-hybridized carbons (Fsp3) is 0. The molecule has 93 heavy (non-hydrogen) atoms. The molecule has 0 saturated heterocycles. The summed E-state index contributed by atoms with van der Waals surface area (Å²) in [7, 11) is -3.98. The lowest BCUT2D eigenvalue weighted by Crippen LogP contribution is -2.03. The molecule has 0 N–H and O–H groups in total. The zero-order chi connectivity index (χ0) is 61.2. The maximum atomic E-state index is 15.0. The minimum atomic E-state index is -3.98. The molecule has 0 spiro atoms. The number of aromatic nitrogens is 6. The first kappa shape index (κ1) is 51.7. The second-order valence-corrected chi connectivity index (χ2v) is 26.4. The van der Waals surface area contributed by atoms with Gasteiger partial charge in [0.2, 0.25) is 9.84 Å². The molecule has 0 aliphatic heterocycles. The summed E-state index contributed by atoms with van der Waals surface area (Å²) >= 11 is 0. The highest BCUT2D eigenvalue weighted by Gasteiger charge is 2.24. The van der Waals surface area contributed by atoms with E-state index in [1.54, 1.807) is 24.3 Å². The molecule has 20 aromatic rings. The lowest BCUT2D eigenvalue weighted by atomic mass is 10.1. The van der Waals surface area contributed by atoms with Crippen molar-refractivity contribution in [3.63, 3.8) is 0 Å². The normalized spacial score (nSPS) is 12.4. The molecule has 0 atom stereocenters. The standard InChI is InChI=1S/C84H52N6O2S/c91-93(92,59-41-33-53(34-42-59)85-81-45-37-55(87-73-25-9-1-17-61(73)62-18-2-10-26-74(62)87)49-69(81)70-50-56(38-46-82(70)85)88-75-27-11-3-19-63(75)64-20-4-12-28-76(64)88)60-43-35-54(36-44-60)86-83-47-39-57(89-77-29-13-5-21-65(77)66-22-6-14-30-78(66)89)51-71(83)72-52-58(40-48-84(72)86)90-79-31-15-7-23-67(79)68-24-8-16-32-80(68)90/h1-52H. The Balaban J connectivity index is 0.708. The number of rotatable bonds is 8. The Kier molecular flexibility index (Phi) is 10.8. The molecule has 20 rings (SSSR count). The summed E-state index contributed by atoms with van der Waals surface area (Å²) in [5.41, 5.74) is 19.1. The molecule has 0 aliphatic rings. The quantitative estimate of drug-likeness (QED) is 0.152. The van der Waals surface area contributed by atoms with E-state index in [0.29, 0.717) is 0 Å². The first-order chi connectivity index (χ1) is 45.9. The molecule has 0 saturated carbocycles. The SMILES string of the molecule is O=S(=O)(c1ccc(-n2c3ccc(-n4c5ccccc5c5ccccc54)cc3c3cc(-n4c5ccccc5c5ccccc54)ccc32)cc1)c1ccc(-n2c3ccc(-n4c5ccccc5c5ccccc54)cc3c3cc(-n4c5ccccc5c5ccccc54)ccc32)cc1. The van der Waals surface area contributed by atoms with Crippen molar-refractivity contribution in [1.29, 1.82) is 0 Å². The zero-order valence-corrected chi connectivity index (χ0v) is 50.7. The lowest BCUT2D eigenvalue weighted by Gasteiger charge is -2.13. The summed E-state index contributed by atoms with van der Waals surface area (Å²) in [6.45, 7) is 0. The average molecular weight is 1210 g/mol. The van der Waals surface area contributed by atoms with Gasteiger partial charge >= 0.3 is 0 Å². The Morgan fingerprint density at radius 1 is 0.161 bits per heavy atom. The average Bonchev–Trinajstić information content (AvgIpc) is 1.58. The van der Waals surface area contributed by atoms with Crippen LogP contribution in [0, 0.1) is 0 Å². The van der Waals surface area contributed by atoms with Gasteiger partial charge in [-0.15, -0.1) is 0 Å². The monoisotopic (exact) mass is 1210 g/mol. The van der Waals surface area contributed by atoms with Crippen molar-refractivity contribution in [3.05, 3.63) is 315 Å². The molecule has 8 nitrogen and oxygen atoms in total. The fourth-order valence-corrected chi connectivity index (χ4v) is 16.9. The van der Waals surface area contributed by atoms with Gasteiger partial charge < -0.3 is 27.4 Å². The second kappa shape index (κ2) is 19.4. The molecule has 0 radical (unpaired) electrons. The van der Waals surface area contributed by atoms with Crippen molar-refractivity contribution in [2.24, 2.45) is 0 Å². The van der Waals surface area contributed by atoms with Crippen molar-refractivity contribution in [1.82, 2.24) is 27.4 Å². The van der Waals surface area contributed by atoms with E-state index in [0.717, 1.165) is 122 Å². The van der Waals surface area contributed by atoms with E-state index >= 15 is 8.42 Å². The van der Waals surface area contributed by atoms with Crippen LogP contribution in [0.5, 0.6) is 0 Å². The number of sulfone groups is 1. The minimum absolute atomic E-state index is 0.217. The summed E-state index contributed by atoms with van der Waals surface area (Å²) in [4.78, 5) is 0.434. The Morgan fingerprint density at radius 3 is 0.527 bits per heavy atom. The van der Waals surface area contributed by atoms with E-state index in [-0.39, 0.29) is 9.79 Å². The van der Waals surface area contributed by atoms with Crippen LogP contribution in [0.3, 0.4) is 0 Å². The van der Waals surface area contributed by atoms with Crippen molar-refractivity contribution in [2.45, 2.75) is 9.79 Å². The van der Waals surface area contributed by atoms with Crippen molar-refractivity contribution in [3.8, 4) is 34.1 Å². The van der Waals surface area contributed by atoms with Crippen molar-refractivity contribution in [2.75, 3.05) is 0 Å². The van der Waals surface area contributed by atoms with Crippen LogP contribution in [0.1, 0.15) is 0 Å². The first-order valence-corrected chi connectivity index (χ1v) is 33.0. The third kappa shape index (κ3) is 7.39. The molecular formula is C84H52N6O2S. The Morgan fingerprint density at radius 2 is 0.323 bits per heavy atom. The van der Waals surface area contributed by atoms with Crippen LogP contribution in [-0.4, -0.2) is 35.8 Å². The number of nitrogens with zero attached hydrogens (tertiary/aromatic N) is 6. The highest BCUT2D eigenvalue weighted by atomic mass is 32.2. The van der Waals surface area contributed by atoms with Crippen LogP contribution < -0.4 is 0 Å². The van der Waals surface area contributed by atoms with Crippen LogP contribution in [0.15, 0.2) is 325 Å². The molecule has 9 heteroatoms. The molecule has 436 valence electrons. The van der Waals surface area contributed by atoms with Crippen LogP contribution in [0.4, 0.5) is 0 Å². The molecule has 14 aromatic carbocycles. The highest BCUT2D eigenvalue weighted by molar-refractivity contribution is 7.91. The highest BCUT2D eigenvalue weighted by Crippen LogP contribution is 2.43. The summed E-state index contributed by atoms with van der Waals surface area (Å²) in [5, 5.41) is 14.0. The molecule has 0 unspecified atom stereocenters. The van der Waals surface area contributed by atoms with Crippen LogP contribution in [-0.2, 0) is 9.84 Å². The summed E-state index contributed by atoms with van der Waals surface area (Å²) in [5.74, 6) is 0. The van der Waals surface area contributed by atoms with Crippen LogP contribution in [0.2, 0.25) is 0 Å². The van der Waals surface area contributed by atoms with Crippen molar-refractivity contribution < 1.29 is 8.42 Å². The Bertz CT molecular complexity index is 5740. The zero-order valence-electron chi connectivity index (χ0n) is 49.9. The van der Waals surface area contributed by atoms with Gasteiger partial charge in [0.25, 0.3) is 0 Å². The van der Waals surface area contributed by atoms with Gasteiger partial charge in [0.1, 0.15) is 0 Å². The molecule has 6 aromatic heterocycles. The Hall–Kier alpha value is -12.2. The van der Waals surface area contributed by atoms with Gasteiger partial charge in [-0.3, -0.25) is 0 Å². The summed E-state index contributed by atoms with van der Waals surface area (Å²) in [6.07, 6.45) is 0. The van der Waals surface area contributed by atoms with Crippen LogP contribution >= 0.6 is 0 Å². The van der Waals surface area contributed by atoms with Gasteiger partial charge in [0.05, 0.1) is 76.0 Å². The van der Waals surface area contributed by atoms with Gasteiger partial charge in [0.15, 0.2) is 0 Å². The van der Waals surface area contributed by atoms with E-state index < -0.39 is 9.84 Å². The van der Waals surface area contributed by atoms with Gasteiger partial charge in [-0.05, 0) is 170 Å². The van der Waals surface area contributed by atoms with E-state index in [2.05, 4.69) is 294 Å². The van der Waals surface area contributed by atoms with Gasteiger partial charge in [-0.1, -0.05) is 146 Å². The van der Waals surface area contributed by atoms with Gasteiger partial charge in [-0.2, -0.15) is 0 Å². The molecule has 0 bridgehead atoms. The maximum Gasteiger partial charge on any atom is 0.206 e. The molecule has 0 amide bonds. The van der Waals surface area contributed by atoms with Crippen LogP contribution in [0.25, 0.3) is 165 Å². The van der Waals surface area contributed by atoms with E-state index in [1.807, 2.05) is 24.3 Å². The second-order valence-electron chi connectivity index (χ2n) is 24.4. The number of para-hydroxylation sites is 8. The van der Waals surface area contributed by atoms with E-state index in [9.17, 15) is 0 Å². The number of benzene rings is 14. The predicted octanol–water partition coefficient (Wildman–Crippen LogP) is 21.1. The van der Waals surface area contributed by atoms with E-state index in [1.165, 1.54) is 43.1 Å². The summed E-state index contributed by atoms with van der Waals surface area (Å²) < 4.78 is 44.0. The first-order valence-electron chi connectivity index (χ1n) is 31.5.